The Kier molecular flexibility index (Phi) is 3.35. The van der Waals surface area contributed by atoms with Crippen molar-refractivity contribution in [1.82, 2.24) is 4.57 Å². The molecule has 0 aliphatic heterocycles. The van der Waals surface area contributed by atoms with Gasteiger partial charge in [-0.15, -0.1) is 0 Å². The van der Waals surface area contributed by atoms with E-state index in [0.717, 1.165) is 10.6 Å². The summed E-state index contributed by atoms with van der Waals surface area (Å²) in [7, 11) is 0. The van der Waals surface area contributed by atoms with Crippen LogP contribution in [0.1, 0.15) is 6.92 Å². The lowest BCUT2D eigenvalue weighted by molar-refractivity contribution is -0.386. The van der Waals surface area contributed by atoms with Gasteiger partial charge < -0.3 is 4.57 Å². The number of aromatic nitrogens is 1. The van der Waals surface area contributed by atoms with Crippen molar-refractivity contribution in [3.63, 3.8) is 0 Å². The number of halogens is 1. The summed E-state index contributed by atoms with van der Waals surface area (Å²) in [6, 6.07) is 1.11. The first-order valence-electron chi connectivity index (χ1n) is 3.95. The number of nitro groups is 1. The van der Waals surface area contributed by atoms with Crippen LogP contribution in [0.25, 0.3) is 0 Å². The van der Waals surface area contributed by atoms with Gasteiger partial charge in [0.05, 0.1) is 11.5 Å². The normalized spacial score (nSPS) is 10.0. The molecule has 1 aromatic rings. The van der Waals surface area contributed by atoms with Gasteiger partial charge in [-0.25, -0.2) is 0 Å². The van der Waals surface area contributed by atoms with E-state index in [4.69, 9.17) is 0 Å². The molecule has 0 amide bonds. The van der Waals surface area contributed by atoms with Crippen LogP contribution >= 0.6 is 15.9 Å². The fraction of sp³-hybridized carbons (Fsp3) is 0.250. The molecular weight excluding hydrogens is 268 g/mol. The Morgan fingerprint density at radius 1 is 1.67 bits per heavy atom. The Balaban J connectivity index is 3.35. The van der Waals surface area contributed by atoms with Gasteiger partial charge in [-0.2, -0.15) is 0 Å². The highest BCUT2D eigenvalue weighted by Gasteiger charge is 2.16. The van der Waals surface area contributed by atoms with Crippen molar-refractivity contribution in [1.29, 1.82) is 0 Å². The van der Waals surface area contributed by atoms with Gasteiger partial charge in [0.25, 0.3) is 0 Å². The Bertz CT molecular complexity index is 480. The lowest BCUT2D eigenvalue weighted by Gasteiger charge is -2.02. The number of ketones is 1. The van der Waals surface area contributed by atoms with E-state index in [9.17, 15) is 19.7 Å². The fourth-order valence-corrected chi connectivity index (χ4v) is 1.54. The first-order valence-corrected chi connectivity index (χ1v) is 4.75. The fourth-order valence-electron chi connectivity index (χ4n) is 1.07. The van der Waals surface area contributed by atoms with Crippen LogP contribution in [0.2, 0.25) is 0 Å². The van der Waals surface area contributed by atoms with E-state index in [1.165, 1.54) is 13.1 Å². The highest BCUT2D eigenvalue weighted by Crippen LogP contribution is 2.13. The second-order valence-corrected chi connectivity index (χ2v) is 3.85. The molecule has 0 aliphatic rings. The second kappa shape index (κ2) is 4.35. The van der Waals surface area contributed by atoms with Gasteiger partial charge in [0.1, 0.15) is 5.78 Å². The van der Waals surface area contributed by atoms with Crippen molar-refractivity contribution in [3.05, 3.63) is 37.2 Å². The molecule has 80 valence electrons. The molecule has 1 rings (SSSR count). The van der Waals surface area contributed by atoms with Crippen LogP contribution < -0.4 is 5.56 Å². The number of nitrogens with zero attached hydrogens (tertiary/aromatic N) is 2. The van der Waals surface area contributed by atoms with Crippen molar-refractivity contribution in [2.24, 2.45) is 0 Å². The SMILES string of the molecule is CC(=O)Cn1cc(Br)cc([N+](=O)[O-])c1=O. The van der Waals surface area contributed by atoms with Crippen molar-refractivity contribution in [3.8, 4) is 0 Å². The quantitative estimate of drug-likeness (QED) is 0.611. The standard InChI is InChI=1S/C8H7BrN2O4/c1-5(12)3-10-4-6(9)2-7(8(10)13)11(14)15/h2,4H,3H2,1H3. The van der Waals surface area contributed by atoms with Crippen LogP contribution in [-0.4, -0.2) is 15.3 Å². The summed E-state index contributed by atoms with van der Waals surface area (Å²) in [5.41, 5.74) is -1.33. The molecule has 0 fully saturated rings. The molecule has 0 N–H and O–H groups in total. The molecule has 0 saturated heterocycles. The lowest BCUT2D eigenvalue weighted by atomic mass is 10.3. The number of carbonyl (C=O) groups is 1. The van der Waals surface area contributed by atoms with Crippen LogP contribution in [0.4, 0.5) is 5.69 Å². The average Bonchev–Trinajstić information content (AvgIpc) is 2.09. The van der Waals surface area contributed by atoms with Gasteiger partial charge in [0, 0.05) is 16.7 Å². The number of pyridine rings is 1. The third-order valence-corrected chi connectivity index (χ3v) is 2.06. The van der Waals surface area contributed by atoms with Crippen LogP contribution in [-0.2, 0) is 11.3 Å². The predicted octanol–water partition coefficient (Wildman–Crippen LogP) is 1.11. The zero-order valence-electron chi connectivity index (χ0n) is 7.77. The second-order valence-electron chi connectivity index (χ2n) is 2.94. The summed E-state index contributed by atoms with van der Waals surface area (Å²) in [5.74, 6) is -0.246. The molecule has 0 radical (unpaired) electrons. The van der Waals surface area contributed by atoms with Gasteiger partial charge in [-0.3, -0.25) is 19.7 Å². The summed E-state index contributed by atoms with van der Waals surface area (Å²) in [4.78, 5) is 32.0. The zero-order chi connectivity index (χ0) is 11.6. The van der Waals surface area contributed by atoms with Gasteiger partial charge in [-0.05, 0) is 22.9 Å². The maximum absolute atomic E-state index is 11.4. The molecule has 1 aromatic heterocycles. The number of Topliss-reactive ketones (excluding diaryl/α,β-unsaturated/α-hetero) is 1. The summed E-state index contributed by atoms with van der Waals surface area (Å²) in [6.45, 7) is 1.14. The highest BCUT2D eigenvalue weighted by molar-refractivity contribution is 9.10. The molecule has 0 atom stereocenters. The molecule has 0 unspecified atom stereocenters. The highest BCUT2D eigenvalue weighted by atomic mass is 79.9. The molecule has 7 heteroatoms. The minimum atomic E-state index is -0.779. The van der Waals surface area contributed by atoms with E-state index < -0.39 is 16.2 Å². The molecule has 0 saturated carbocycles. The van der Waals surface area contributed by atoms with E-state index in [-0.39, 0.29) is 12.3 Å². The average molecular weight is 275 g/mol. The first kappa shape index (κ1) is 11.6. The number of hydrogen-bond acceptors (Lipinski definition) is 4. The molecular formula is C8H7BrN2O4. The van der Waals surface area contributed by atoms with Crippen LogP contribution in [0.15, 0.2) is 21.5 Å². The van der Waals surface area contributed by atoms with Crippen LogP contribution in [0, 0.1) is 10.1 Å². The Morgan fingerprint density at radius 2 is 2.27 bits per heavy atom. The van der Waals surface area contributed by atoms with Gasteiger partial charge >= 0.3 is 11.2 Å². The number of rotatable bonds is 3. The zero-order valence-corrected chi connectivity index (χ0v) is 9.35. The largest absolute Gasteiger partial charge is 0.335 e. The molecule has 15 heavy (non-hydrogen) atoms. The summed E-state index contributed by atoms with van der Waals surface area (Å²) in [5, 5.41) is 10.5. The topological polar surface area (TPSA) is 82.2 Å². The summed E-state index contributed by atoms with van der Waals surface area (Å²) < 4.78 is 1.39. The summed E-state index contributed by atoms with van der Waals surface area (Å²) >= 11 is 3.03. The number of hydrogen-bond donors (Lipinski definition) is 0. The van der Waals surface area contributed by atoms with Crippen molar-refractivity contribution >= 4 is 27.4 Å². The summed E-state index contributed by atoms with van der Waals surface area (Å²) in [6.07, 6.45) is 1.34. The smallest absolute Gasteiger partial charge is 0.301 e. The van der Waals surface area contributed by atoms with E-state index >= 15 is 0 Å². The lowest BCUT2D eigenvalue weighted by Crippen LogP contribution is -2.24. The Labute approximate surface area is 92.8 Å². The molecule has 0 bridgehead atoms. The molecule has 6 nitrogen and oxygen atoms in total. The number of carbonyl (C=O) groups excluding carboxylic acids is 1. The monoisotopic (exact) mass is 274 g/mol. The van der Waals surface area contributed by atoms with Gasteiger partial charge in [-0.1, -0.05) is 0 Å². The first-order chi connectivity index (χ1) is 6.91. The third-order valence-electron chi connectivity index (χ3n) is 1.62. The Morgan fingerprint density at radius 3 is 2.73 bits per heavy atom. The van der Waals surface area contributed by atoms with Crippen LogP contribution in [0.3, 0.4) is 0 Å². The van der Waals surface area contributed by atoms with Crippen molar-refractivity contribution in [2.75, 3.05) is 0 Å². The maximum atomic E-state index is 11.4. The van der Waals surface area contributed by atoms with E-state index in [1.54, 1.807) is 0 Å². The van der Waals surface area contributed by atoms with Crippen LogP contribution in [0.5, 0.6) is 0 Å². The molecule has 0 spiro atoms. The maximum Gasteiger partial charge on any atom is 0.335 e. The Hall–Kier alpha value is -1.50. The van der Waals surface area contributed by atoms with E-state index in [0.29, 0.717) is 4.47 Å². The minimum Gasteiger partial charge on any atom is -0.301 e. The predicted molar refractivity (Wildman–Crippen MR) is 55.7 cm³/mol. The van der Waals surface area contributed by atoms with E-state index in [2.05, 4.69) is 15.9 Å². The molecule has 0 aliphatic carbocycles. The van der Waals surface area contributed by atoms with E-state index in [1.807, 2.05) is 0 Å². The van der Waals surface area contributed by atoms with Crippen molar-refractivity contribution < 1.29 is 9.72 Å². The molecule has 1 heterocycles. The molecule has 0 aromatic carbocycles. The van der Waals surface area contributed by atoms with Crippen molar-refractivity contribution in [2.45, 2.75) is 13.5 Å². The minimum absolute atomic E-state index is 0.168. The third kappa shape index (κ3) is 2.72. The van der Waals surface area contributed by atoms with Gasteiger partial charge in [0.2, 0.25) is 0 Å². The van der Waals surface area contributed by atoms with Gasteiger partial charge in [0.15, 0.2) is 0 Å².